The Hall–Kier alpha value is -2.89. The summed E-state index contributed by atoms with van der Waals surface area (Å²) in [5.74, 6) is 0.0702. The highest BCUT2D eigenvalue weighted by molar-refractivity contribution is 5.95. The van der Waals surface area contributed by atoms with E-state index >= 15 is 0 Å². The predicted octanol–water partition coefficient (Wildman–Crippen LogP) is 3.17. The molecular formula is C19H21N3O3. The highest BCUT2D eigenvalue weighted by Gasteiger charge is 2.23. The lowest BCUT2D eigenvalue weighted by Crippen LogP contribution is -2.48. The lowest BCUT2D eigenvalue weighted by Gasteiger charge is -2.36. The van der Waals surface area contributed by atoms with Crippen molar-refractivity contribution in [2.45, 2.75) is 13.8 Å². The molecule has 1 amide bonds. The molecule has 0 aliphatic carbocycles. The normalized spacial score (nSPS) is 14.5. The number of hydrogen-bond donors (Lipinski definition) is 0. The van der Waals surface area contributed by atoms with Crippen LogP contribution in [0.5, 0.6) is 0 Å². The first kappa shape index (κ1) is 17.0. The first-order valence-corrected chi connectivity index (χ1v) is 8.31. The molecule has 0 radical (unpaired) electrons. The second-order valence-electron chi connectivity index (χ2n) is 6.37. The summed E-state index contributed by atoms with van der Waals surface area (Å²) in [6.45, 7) is 6.70. The van der Waals surface area contributed by atoms with Crippen molar-refractivity contribution in [2.75, 3.05) is 31.1 Å². The zero-order valence-corrected chi connectivity index (χ0v) is 14.4. The van der Waals surface area contributed by atoms with Gasteiger partial charge in [-0.05, 0) is 37.6 Å². The van der Waals surface area contributed by atoms with E-state index in [1.807, 2.05) is 36.9 Å². The van der Waals surface area contributed by atoms with E-state index in [-0.39, 0.29) is 11.6 Å². The maximum atomic E-state index is 12.7. The van der Waals surface area contributed by atoms with Crippen LogP contribution in [-0.2, 0) is 0 Å². The topological polar surface area (TPSA) is 66.7 Å². The summed E-state index contributed by atoms with van der Waals surface area (Å²) in [6, 6.07) is 12.5. The third kappa shape index (κ3) is 3.63. The van der Waals surface area contributed by atoms with Crippen LogP contribution in [0.2, 0.25) is 0 Å². The van der Waals surface area contributed by atoms with Crippen LogP contribution in [0.25, 0.3) is 0 Å². The Morgan fingerprint density at radius 2 is 1.64 bits per heavy atom. The molecule has 1 heterocycles. The minimum absolute atomic E-state index is 0.0702. The van der Waals surface area contributed by atoms with Crippen LogP contribution in [0.4, 0.5) is 11.4 Å². The first-order valence-electron chi connectivity index (χ1n) is 8.31. The molecule has 0 atom stereocenters. The number of aryl methyl sites for hydroxylation is 2. The predicted molar refractivity (Wildman–Crippen MR) is 97.1 cm³/mol. The first-order chi connectivity index (χ1) is 12.0. The third-order valence-electron chi connectivity index (χ3n) is 4.60. The number of nitro benzene ring substituents is 1. The number of carbonyl (C=O) groups is 1. The minimum Gasteiger partial charge on any atom is -0.368 e. The average Bonchev–Trinajstić information content (AvgIpc) is 2.61. The Balaban J connectivity index is 1.65. The van der Waals surface area contributed by atoms with Crippen molar-refractivity contribution in [3.8, 4) is 0 Å². The van der Waals surface area contributed by atoms with E-state index in [2.05, 4.69) is 4.90 Å². The molecular weight excluding hydrogens is 318 g/mol. The lowest BCUT2D eigenvalue weighted by atomic mass is 10.0. The van der Waals surface area contributed by atoms with Gasteiger partial charge in [-0.2, -0.15) is 0 Å². The van der Waals surface area contributed by atoms with E-state index in [4.69, 9.17) is 0 Å². The second kappa shape index (κ2) is 6.93. The van der Waals surface area contributed by atoms with E-state index in [9.17, 15) is 14.9 Å². The molecule has 0 N–H and O–H groups in total. The Bertz CT molecular complexity index is 794. The summed E-state index contributed by atoms with van der Waals surface area (Å²) in [5, 5.41) is 10.7. The van der Waals surface area contributed by atoms with E-state index in [1.165, 1.54) is 12.1 Å². The molecule has 2 aromatic rings. The van der Waals surface area contributed by atoms with Gasteiger partial charge in [-0.1, -0.05) is 17.7 Å². The van der Waals surface area contributed by atoms with Crippen molar-refractivity contribution < 1.29 is 9.72 Å². The van der Waals surface area contributed by atoms with Crippen molar-refractivity contribution in [3.63, 3.8) is 0 Å². The van der Waals surface area contributed by atoms with Gasteiger partial charge in [0.05, 0.1) is 4.92 Å². The molecule has 6 nitrogen and oxygen atoms in total. The highest BCUT2D eigenvalue weighted by Crippen LogP contribution is 2.21. The summed E-state index contributed by atoms with van der Waals surface area (Å²) in [4.78, 5) is 27.1. The monoisotopic (exact) mass is 339 g/mol. The molecule has 0 aromatic heterocycles. The van der Waals surface area contributed by atoms with Crippen molar-refractivity contribution >= 4 is 17.3 Å². The molecule has 0 unspecified atom stereocenters. The highest BCUT2D eigenvalue weighted by atomic mass is 16.6. The molecule has 6 heteroatoms. The van der Waals surface area contributed by atoms with Gasteiger partial charge in [0.2, 0.25) is 0 Å². The van der Waals surface area contributed by atoms with Gasteiger partial charge in [-0.3, -0.25) is 14.9 Å². The van der Waals surface area contributed by atoms with Crippen molar-refractivity contribution in [1.82, 2.24) is 4.90 Å². The fraction of sp³-hybridized carbons (Fsp3) is 0.316. The van der Waals surface area contributed by atoms with Crippen LogP contribution < -0.4 is 4.90 Å². The molecule has 1 saturated heterocycles. The zero-order chi connectivity index (χ0) is 18.0. The number of nitrogens with zero attached hydrogens (tertiary/aromatic N) is 3. The van der Waals surface area contributed by atoms with Crippen molar-refractivity contribution in [2.24, 2.45) is 0 Å². The Morgan fingerprint density at radius 1 is 1.00 bits per heavy atom. The number of rotatable bonds is 3. The van der Waals surface area contributed by atoms with Crippen LogP contribution in [0, 0.1) is 24.0 Å². The number of hydrogen-bond acceptors (Lipinski definition) is 4. The quantitative estimate of drug-likeness (QED) is 0.636. The Kier molecular flexibility index (Phi) is 4.70. The van der Waals surface area contributed by atoms with Crippen LogP contribution >= 0.6 is 0 Å². The van der Waals surface area contributed by atoms with Gasteiger partial charge in [0.15, 0.2) is 0 Å². The molecule has 1 aliphatic rings. The molecule has 1 aliphatic heterocycles. The molecule has 3 rings (SSSR count). The van der Waals surface area contributed by atoms with Gasteiger partial charge in [-0.25, -0.2) is 0 Å². The number of anilines is 1. The summed E-state index contributed by atoms with van der Waals surface area (Å²) < 4.78 is 0. The largest absolute Gasteiger partial charge is 0.368 e. The summed E-state index contributed by atoms with van der Waals surface area (Å²) in [7, 11) is 0. The standard InChI is InChI=1S/C19H21N3O3/c1-14-3-8-18(15(2)13-14)19(23)21-11-9-20(10-12-21)16-4-6-17(7-5-16)22(24)25/h3-8,13H,9-12H2,1-2H3. The van der Waals surface area contributed by atoms with Gasteiger partial charge < -0.3 is 9.80 Å². The average molecular weight is 339 g/mol. The van der Waals surface area contributed by atoms with E-state index in [0.717, 1.165) is 22.4 Å². The Labute approximate surface area is 146 Å². The van der Waals surface area contributed by atoms with Crippen molar-refractivity contribution in [1.29, 1.82) is 0 Å². The fourth-order valence-corrected chi connectivity index (χ4v) is 3.18. The van der Waals surface area contributed by atoms with Gasteiger partial charge in [-0.15, -0.1) is 0 Å². The summed E-state index contributed by atoms with van der Waals surface area (Å²) >= 11 is 0. The third-order valence-corrected chi connectivity index (χ3v) is 4.60. The van der Waals surface area contributed by atoms with Gasteiger partial charge in [0.1, 0.15) is 0 Å². The summed E-state index contributed by atoms with van der Waals surface area (Å²) in [5.41, 5.74) is 3.95. The number of benzene rings is 2. The summed E-state index contributed by atoms with van der Waals surface area (Å²) in [6.07, 6.45) is 0. The zero-order valence-electron chi connectivity index (χ0n) is 14.4. The SMILES string of the molecule is Cc1ccc(C(=O)N2CCN(c3ccc([N+](=O)[O-])cc3)CC2)c(C)c1. The smallest absolute Gasteiger partial charge is 0.269 e. The van der Waals surface area contributed by atoms with E-state index < -0.39 is 4.92 Å². The molecule has 0 bridgehead atoms. The van der Waals surface area contributed by atoms with E-state index in [0.29, 0.717) is 26.2 Å². The van der Waals surface area contributed by atoms with Crippen LogP contribution in [0.3, 0.4) is 0 Å². The van der Waals surface area contributed by atoms with Crippen LogP contribution in [0.15, 0.2) is 42.5 Å². The van der Waals surface area contributed by atoms with Crippen LogP contribution in [0.1, 0.15) is 21.5 Å². The molecule has 2 aromatic carbocycles. The number of amides is 1. The molecule has 0 saturated carbocycles. The Morgan fingerprint density at radius 3 is 2.20 bits per heavy atom. The molecule has 0 spiro atoms. The van der Waals surface area contributed by atoms with E-state index in [1.54, 1.807) is 12.1 Å². The van der Waals surface area contributed by atoms with Crippen LogP contribution in [-0.4, -0.2) is 41.9 Å². The number of carbonyl (C=O) groups excluding carboxylic acids is 1. The maximum absolute atomic E-state index is 12.7. The molecule has 1 fully saturated rings. The molecule has 130 valence electrons. The van der Waals surface area contributed by atoms with Gasteiger partial charge in [0.25, 0.3) is 11.6 Å². The number of piperazine rings is 1. The van der Waals surface area contributed by atoms with Gasteiger partial charge >= 0.3 is 0 Å². The second-order valence-corrected chi connectivity index (χ2v) is 6.37. The molecule has 25 heavy (non-hydrogen) atoms. The minimum atomic E-state index is -0.399. The lowest BCUT2D eigenvalue weighted by molar-refractivity contribution is -0.384. The number of non-ortho nitro benzene ring substituents is 1. The van der Waals surface area contributed by atoms with Crippen molar-refractivity contribution in [3.05, 3.63) is 69.3 Å². The fourth-order valence-electron chi connectivity index (χ4n) is 3.18. The number of nitro groups is 1. The van der Waals surface area contributed by atoms with Gasteiger partial charge in [0, 0.05) is 49.6 Å². The maximum Gasteiger partial charge on any atom is 0.269 e.